The average molecular weight is 495 g/mol. The third-order valence-electron chi connectivity index (χ3n) is 5.79. The summed E-state index contributed by atoms with van der Waals surface area (Å²) in [5, 5.41) is 5.74. The second-order valence-corrected chi connectivity index (χ2v) is 9.27. The molecule has 2 N–H and O–H groups in total. The average Bonchev–Trinajstić information content (AvgIpc) is 2.85. The minimum atomic E-state index is -0.0886. The fourth-order valence-corrected chi connectivity index (χ4v) is 3.48. The van der Waals surface area contributed by atoms with Crippen molar-refractivity contribution in [2.24, 2.45) is 0 Å². The van der Waals surface area contributed by atoms with E-state index >= 15 is 0 Å². The maximum absolute atomic E-state index is 12.2. The van der Waals surface area contributed by atoms with Crippen molar-refractivity contribution in [1.29, 1.82) is 0 Å². The number of carbonyl (C=O) groups is 4. The van der Waals surface area contributed by atoms with E-state index in [1.807, 2.05) is 48.5 Å². The Bertz CT molecular complexity index is 931. The van der Waals surface area contributed by atoms with Crippen LogP contribution in [0.3, 0.4) is 0 Å². The highest BCUT2D eigenvalue weighted by Crippen LogP contribution is 2.14. The van der Waals surface area contributed by atoms with Crippen molar-refractivity contribution in [3.05, 3.63) is 59.7 Å². The first-order valence-electron chi connectivity index (χ1n) is 12.3. The van der Waals surface area contributed by atoms with Gasteiger partial charge in [-0.1, -0.05) is 24.3 Å². The summed E-state index contributed by atoms with van der Waals surface area (Å²) in [6.07, 6.45) is 4.14. The van der Waals surface area contributed by atoms with Gasteiger partial charge in [-0.3, -0.25) is 19.2 Å². The highest BCUT2D eigenvalue weighted by molar-refractivity contribution is 5.91. The number of hydrogen-bond acceptors (Lipinski definition) is 4. The standard InChI is InChI=1S/C28H38N4O4/c1-31(2)27(35)19-13-21-9-15-23(16-10-21)29-25(33)7-5-6-8-26(34)30-24-17-11-22(12-18-24)14-20-28(36)32(3)4/h9-12,15-18H,5-8,13-14,19-20H2,1-4H3,(H,29,33)(H,30,34). The SMILES string of the molecule is CN(C)C(=O)CCc1ccc(NC(=O)CCCCC(=O)Nc2ccc(CCC(=O)N(C)C)cc2)cc1. The predicted molar refractivity (Wildman–Crippen MR) is 143 cm³/mol. The number of anilines is 2. The highest BCUT2D eigenvalue weighted by atomic mass is 16.2. The molecule has 0 aromatic heterocycles. The van der Waals surface area contributed by atoms with E-state index < -0.39 is 0 Å². The van der Waals surface area contributed by atoms with Gasteiger partial charge in [-0.25, -0.2) is 0 Å². The van der Waals surface area contributed by atoms with Gasteiger partial charge in [-0.05, 0) is 61.1 Å². The summed E-state index contributed by atoms with van der Waals surface area (Å²) >= 11 is 0. The minimum Gasteiger partial charge on any atom is -0.349 e. The lowest BCUT2D eigenvalue weighted by atomic mass is 10.1. The molecule has 194 valence electrons. The van der Waals surface area contributed by atoms with Crippen LogP contribution < -0.4 is 10.6 Å². The van der Waals surface area contributed by atoms with E-state index in [0.717, 1.165) is 22.5 Å². The van der Waals surface area contributed by atoms with Gasteiger partial charge in [-0.15, -0.1) is 0 Å². The lowest BCUT2D eigenvalue weighted by molar-refractivity contribution is -0.129. The first kappa shape index (κ1) is 28.6. The number of carbonyl (C=O) groups excluding carboxylic acids is 4. The zero-order valence-corrected chi connectivity index (χ0v) is 21.8. The second-order valence-electron chi connectivity index (χ2n) is 9.27. The Morgan fingerprint density at radius 3 is 1.19 bits per heavy atom. The Balaban J connectivity index is 1.63. The number of nitrogens with one attached hydrogen (secondary N) is 2. The van der Waals surface area contributed by atoms with Crippen molar-refractivity contribution >= 4 is 35.0 Å². The third kappa shape index (κ3) is 10.7. The summed E-state index contributed by atoms with van der Waals surface area (Å²) in [6, 6.07) is 15.0. The fraction of sp³-hybridized carbons (Fsp3) is 0.429. The first-order chi connectivity index (χ1) is 17.1. The van der Waals surface area contributed by atoms with Crippen LogP contribution in [0.15, 0.2) is 48.5 Å². The van der Waals surface area contributed by atoms with Gasteiger partial charge < -0.3 is 20.4 Å². The molecule has 0 atom stereocenters. The topological polar surface area (TPSA) is 98.8 Å². The Labute approximate surface area is 214 Å². The van der Waals surface area contributed by atoms with Crippen LogP contribution in [0.4, 0.5) is 11.4 Å². The van der Waals surface area contributed by atoms with E-state index in [9.17, 15) is 19.2 Å². The molecule has 2 aromatic carbocycles. The van der Waals surface area contributed by atoms with Crippen LogP contribution in [0.25, 0.3) is 0 Å². The van der Waals surface area contributed by atoms with Gasteiger partial charge in [0.25, 0.3) is 0 Å². The Kier molecular flexibility index (Phi) is 11.6. The number of benzene rings is 2. The normalized spacial score (nSPS) is 10.4. The molecular weight excluding hydrogens is 456 g/mol. The summed E-state index contributed by atoms with van der Waals surface area (Å²) in [5.41, 5.74) is 3.52. The number of unbranched alkanes of at least 4 members (excludes halogenated alkanes) is 1. The van der Waals surface area contributed by atoms with Crippen LogP contribution in [0, 0.1) is 0 Å². The van der Waals surface area contributed by atoms with Crippen LogP contribution in [-0.4, -0.2) is 61.6 Å². The molecule has 0 unspecified atom stereocenters. The quantitative estimate of drug-likeness (QED) is 0.413. The predicted octanol–water partition coefficient (Wildman–Crippen LogP) is 3.87. The molecule has 36 heavy (non-hydrogen) atoms. The van der Waals surface area contributed by atoms with Crippen molar-refractivity contribution in [1.82, 2.24) is 9.80 Å². The molecule has 0 radical (unpaired) electrons. The molecule has 0 aliphatic heterocycles. The van der Waals surface area contributed by atoms with Crippen LogP contribution in [0.1, 0.15) is 49.7 Å². The van der Waals surface area contributed by atoms with Gasteiger partial charge in [0, 0.05) is 65.2 Å². The molecule has 8 heteroatoms. The zero-order chi connectivity index (χ0) is 26.5. The number of amides is 4. The van der Waals surface area contributed by atoms with Gasteiger partial charge in [0.2, 0.25) is 23.6 Å². The lowest BCUT2D eigenvalue weighted by Crippen LogP contribution is -2.21. The van der Waals surface area contributed by atoms with Gasteiger partial charge in [-0.2, -0.15) is 0 Å². The van der Waals surface area contributed by atoms with Crippen molar-refractivity contribution < 1.29 is 19.2 Å². The number of aryl methyl sites for hydroxylation is 2. The van der Waals surface area contributed by atoms with E-state index in [0.29, 0.717) is 51.4 Å². The van der Waals surface area contributed by atoms with Gasteiger partial charge >= 0.3 is 0 Å². The van der Waals surface area contributed by atoms with Crippen LogP contribution in [-0.2, 0) is 32.0 Å². The van der Waals surface area contributed by atoms with Crippen molar-refractivity contribution in [2.45, 2.75) is 51.4 Å². The van der Waals surface area contributed by atoms with E-state index in [2.05, 4.69) is 10.6 Å². The second kappa shape index (κ2) is 14.7. The molecule has 0 aliphatic rings. The van der Waals surface area contributed by atoms with Crippen LogP contribution in [0.5, 0.6) is 0 Å². The maximum Gasteiger partial charge on any atom is 0.224 e. The van der Waals surface area contributed by atoms with Gasteiger partial charge in [0.05, 0.1) is 0 Å². The van der Waals surface area contributed by atoms with E-state index in [1.54, 1.807) is 38.0 Å². The van der Waals surface area contributed by atoms with Crippen molar-refractivity contribution in [3.63, 3.8) is 0 Å². The summed E-state index contributed by atoms with van der Waals surface area (Å²) in [4.78, 5) is 50.9. The van der Waals surface area contributed by atoms with Crippen LogP contribution >= 0.6 is 0 Å². The molecule has 0 heterocycles. The van der Waals surface area contributed by atoms with Crippen molar-refractivity contribution in [3.8, 4) is 0 Å². The number of nitrogens with zero attached hydrogens (tertiary/aromatic N) is 2. The highest BCUT2D eigenvalue weighted by Gasteiger charge is 2.08. The fourth-order valence-electron chi connectivity index (χ4n) is 3.48. The van der Waals surface area contributed by atoms with Gasteiger partial charge in [0.15, 0.2) is 0 Å². The molecule has 0 aliphatic carbocycles. The number of hydrogen-bond donors (Lipinski definition) is 2. The summed E-state index contributed by atoms with van der Waals surface area (Å²) in [5.74, 6) is -0.00343. The molecular formula is C28H38N4O4. The monoisotopic (exact) mass is 494 g/mol. The van der Waals surface area contributed by atoms with E-state index in [4.69, 9.17) is 0 Å². The van der Waals surface area contributed by atoms with Crippen LogP contribution in [0.2, 0.25) is 0 Å². The molecule has 0 saturated heterocycles. The molecule has 4 amide bonds. The molecule has 0 spiro atoms. The number of rotatable bonds is 13. The minimum absolute atomic E-state index is 0.0869. The van der Waals surface area contributed by atoms with Gasteiger partial charge in [0.1, 0.15) is 0 Å². The molecule has 0 fully saturated rings. The molecule has 8 nitrogen and oxygen atoms in total. The smallest absolute Gasteiger partial charge is 0.224 e. The summed E-state index contributed by atoms with van der Waals surface area (Å²) < 4.78 is 0. The molecule has 2 aromatic rings. The Hall–Kier alpha value is -3.68. The molecule has 0 bridgehead atoms. The zero-order valence-electron chi connectivity index (χ0n) is 21.8. The third-order valence-corrected chi connectivity index (χ3v) is 5.79. The van der Waals surface area contributed by atoms with Crippen molar-refractivity contribution in [2.75, 3.05) is 38.8 Å². The molecule has 0 saturated carbocycles. The summed E-state index contributed by atoms with van der Waals surface area (Å²) in [6.45, 7) is 0. The molecule has 2 rings (SSSR count). The Morgan fingerprint density at radius 1 is 0.556 bits per heavy atom. The maximum atomic E-state index is 12.2. The largest absolute Gasteiger partial charge is 0.349 e. The Morgan fingerprint density at radius 2 is 0.889 bits per heavy atom. The van der Waals surface area contributed by atoms with E-state index in [-0.39, 0.29) is 23.6 Å². The van der Waals surface area contributed by atoms with E-state index in [1.165, 1.54) is 0 Å². The lowest BCUT2D eigenvalue weighted by Gasteiger charge is -2.10. The summed E-state index contributed by atoms with van der Waals surface area (Å²) in [7, 11) is 6.97. The first-order valence-corrected chi connectivity index (χ1v) is 12.3.